The molecule has 2 aromatic rings. The van der Waals surface area contributed by atoms with E-state index in [2.05, 4.69) is 71.0 Å². The van der Waals surface area contributed by atoms with Crippen molar-refractivity contribution in [1.29, 1.82) is 0 Å². The molecule has 3 rings (SSSR count). The Morgan fingerprint density at radius 2 is 1.56 bits per heavy atom. The van der Waals surface area contributed by atoms with Crippen LogP contribution in [0.1, 0.15) is 76.6 Å². The maximum absolute atomic E-state index is 11.9. The molecule has 1 nitrogen and oxygen atoms in total. The molecule has 144 valence electrons. The fraction of sp³-hybridized carbons (Fsp3) is 0.440. The Hall–Kier alpha value is -1.51. The molecule has 0 aromatic heterocycles. The summed E-state index contributed by atoms with van der Waals surface area (Å²) in [6.07, 6.45) is 4.70. The summed E-state index contributed by atoms with van der Waals surface area (Å²) in [7, 11) is 0. The smallest absolute Gasteiger partial charge is 0.152 e. The maximum atomic E-state index is 11.9. The summed E-state index contributed by atoms with van der Waals surface area (Å²) < 4.78 is 11.9. The van der Waals surface area contributed by atoms with Crippen molar-refractivity contribution in [2.75, 3.05) is 5.75 Å². The Kier molecular flexibility index (Phi) is 5.61. The fourth-order valence-electron chi connectivity index (χ4n) is 4.05. The number of fused-ring (bicyclic) bond motifs is 1. The van der Waals surface area contributed by atoms with Gasteiger partial charge in [-0.25, -0.2) is 0 Å². The predicted molar refractivity (Wildman–Crippen MR) is 119 cm³/mol. The van der Waals surface area contributed by atoms with Crippen LogP contribution in [0.25, 0.3) is 11.6 Å². The van der Waals surface area contributed by atoms with Crippen LogP contribution in [0.3, 0.4) is 0 Å². The molecule has 2 heteroatoms. The van der Waals surface area contributed by atoms with Crippen molar-refractivity contribution in [2.45, 2.75) is 70.1 Å². The first-order chi connectivity index (χ1) is 12.6. The minimum Gasteiger partial charge on any atom is -0.611 e. The van der Waals surface area contributed by atoms with Crippen LogP contribution in [0.15, 0.2) is 47.4 Å². The second-order valence-corrected chi connectivity index (χ2v) is 10.8. The quantitative estimate of drug-likeness (QED) is 0.426. The molecule has 1 unspecified atom stereocenters. The fourth-order valence-corrected chi connectivity index (χ4v) is 4.82. The van der Waals surface area contributed by atoms with Crippen molar-refractivity contribution in [3.05, 3.63) is 64.7 Å². The van der Waals surface area contributed by atoms with Crippen LogP contribution < -0.4 is 0 Å². The Balaban J connectivity index is 1.94. The largest absolute Gasteiger partial charge is 0.611 e. The zero-order chi connectivity index (χ0) is 19.8. The van der Waals surface area contributed by atoms with E-state index in [9.17, 15) is 4.55 Å². The molecule has 0 bridgehead atoms. The zero-order valence-corrected chi connectivity index (χ0v) is 18.4. The first kappa shape index (κ1) is 20.2. The van der Waals surface area contributed by atoms with E-state index in [0.29, 0.717) is 5.75 Å². The van der Waals surface area contributed by atoms with E-state index in [0.717, 1.165) is 10.5 Å². The van der Waals surface area contributed by atoms with Crippen LogP contribution in [-0.4, -0.2) is 10.3 Å². The molecule has 2 aromatic carbocycles. The van der Waals surface area contributed by atoms with Crippen molar-refractivity contribution in [2.24, 2.45) is 0 Å². The molecular formula is C25H32OS. The molecule has 0 fully saturated rings. The van der Waals surface area contributed by atoms with Gasteiger partial charge in [-0.2, -0.15) is 0 Å². The Labute approximate surface area is 168 Å². The summed E-state index contributed by atoms with van der Waals surface area (Å²) in [6, 6.07) is 15.1. The summed E-state index contributed by atoms with van der Waals surface area (Å²) in [5.74, 6) is 0.662. The summed E-state index contributed by atoms with van der Waals surface area (Å²) in [5.41, 5.74) is 7.20. The lowest BCUT2D eigenvalue weighted by Crippen LogP contribution is -2.33. The molecule has 0 aliphatic heterocycles. The van der Waals surface area contributed by atoms with Gasteiger partial charge in [0.2, 0.25) is 0 Å². The van der Waals surface area contributed by atoms with Crippen LogP contribution in [0.4, 0.5) is 0 Å². The first-order valence-electron chi connectivity index (χ1n) is 9.96. The third-order valence-electron chi connectivity index (χ3n) is 6.10. The summed E-state index contributed by atoms with van der Waals surface area (Å²) >= 11 is -0.886. The van der Waals surface area contributed by atoms with E-state index in [1.165, 1.54) is 35.1 Å². The molecule has 0 amide bonds. The average Bonchev–Trinajstić information content (AvgIpc) is 2.65. The third kappa shape index (κ3) is 4.17. The molecule has 0 spiro atoms. The van der Waals surface area contributed by atoms with Gasteiger partial charge in [-0.15, -0.1) is 0 Å². The lowest BCUT2D eigenvalue weighted by atomic mass is 9.63. The minimum absolute atomic E-state index is 0.229. The van der Waals surface area contributed by atoms with Crippen LogP contribution in [0, 0.1) is 0 Å². The number of hydrogen-bond donors (Lipinski definition) is 0. The monoisotopic (exact) mass is 380 g/mol. The van der Waals surface area contributed by atoms with Gasteiger partial charge in [-0.1, -0.05) is 52.0 Å². The van der Waals surface area contributed by atoms with Gasteiger partial charge >= 0.3 is 0 Å². The van der Waals surface area contributed by atoms with Crippen LogP contribution in [0.2, 0.25) is 0 Å². The summed E-state index contributed by atoms with van der Waals surface area (Å²) in [6.45, 7) is 13.6. The lowest BCUT2D eigenvalue weighted by molar-refractivity contribution is 0.332. The van der Waals surface area contributed by atoms with Crippen molar-refractivity contribution in [3.8, 4) is 0 Å². The number of benzene rings is 2. The number of hydrogen-bond acceptors (Lipinski definition) is 1. The highest BCUT2D eigenvalue weighted by atomic mass is 32.2. The van der Waals surface area contributed by atoms with Gasteiger partial charge in [0, 0.05) is 0 Å². The van der Waals surface area contributed by atoms with Gasteiger partial charge in [0.05, 0.1) is 0 Å². The molecule has 1 atom stereocenters. The predicted octanol–water partition coefficient (Wildman–Crippen LogP) is 6.72. The molecule has 27 heavy (non-hydrogen) atoms. The lowest BCUT2D eigenvalue weighted by Gasteiger charge is -2.42. The highest BCUT2D eigenvalue weighted by molar-refractivity contribution is 7.91. The number of rotatable bonds is 4. The molecule has 1 aliphatic rings. The van der Waals surface area contributed by atoms with Gasteiger partial charge < -0.3 is 4.55 Å². The summed E-state index contributed by atoms with van der Waals surface area (Å²) in [4.78, 5) is 0.907. The Morgan fingerprint density at radius 1 is 0.963 bits per heavy atom. The van der Waals surface area contributed by atoms with Crippen molar-refractivity contribution in [3.63, 3.8) is 0 Å². The molecule has 0 saturated carbocycles. The van der Waals surface area contributed by atoms with Crippen molar-refractivity contribution in [1.82, 2.24) is 0 Å². The van der Waals surface area contributed by atoms with Gasteiger partial charge in [0.25, 0.3) is 0 Å². The van der Waals surface area contributed by atoms with E-state index in [-0.39, 0.29) is 10.8 Å². The Morgan fingerprint density at radius 3 is 2.15 bits per heavy atom. The number of allylic oxidation sites excluding steroid dienone is 1. The second-order valence-electron chi connectivity index (χ2n) is 9.06. The van der Waals surface area contributed by atoms with E-state index >= 15 is 0 Å². The highest BCUT2D eigenvalue weighted by Gasteiger charge is 2.36. The van der Waals surface area contributed by atoms with E-state index in [4.69, 9.17) is 0 Å². The zero-order valence-electron chi connectivity index (χ0n) is 17.6. The van der Waals surface area contributed by atoms with Gasteiger partial charge in [-0.3, -0.25) is 0 Å². The molecule has 0 heterocycles. The highest BCUT2D eigenvalue weighted by Crippen LogP contribution is 2.46. The topological polar surface area (TPSA) is 23.1 Å². The molecule has 0 N–H and O–H groups in total. The Bertz CT molecular complexity index is 843. The third-order valence-corrected chi connectivity index (χ3v) is 7.42. The van der Waals surface area contributed by atoms with Crippen LogP contribution in [-0.2, 0) is 22.0 Å². The normalized spacial score (nSPS) is 19.4. The molecule has 1 aliphatic carbocycles. The van der Waals surface area contributed by atoms with Gasteiger partial charge in [0.1, 0.15) is 5.75 Å². The second kappa shape index (κ2) is 7.48. The van der Waals surface area contributed by atoms with Crippen molar-refractivity contribution < 1.29 is 4.55 Å². The first-order valence-corrected chi connectivity index (χ1v) is 11.3. The standard InChI is InChI=1S/C25H32OS/c1-7-27(26)21-11-8-19(9-12-21)16-18(2)20-10-13-22-23(17-20)25(5,6)15-14-24(22,3)4/h8-13,16-17H,7,14-15H2,1-6H3. The molecular weight excluding hydrogens is 348 g/mol. The van der Waals surface area contributed by atoms with Crippen LogP contribution >= 0.6 is 0 Å². The van der Waals surface area contributed by atoms with Crippen LogP contribution in [0.5, 0.6) is 0 Å². The summed E-state index contributed by atoms with van der Waals surface area (Å²) in [5, 5.41) is 0. The molecule has 0 saturated heterocycles. The molecule has 0 radical (unpaired) electrons. The van der Waals surface area contributed by atoms with E-state index in [1.807, 2.05) is 19.1 Å². The van der Waals surface area contributed by atoms with Gasteiger partial charge in [-0.05, 0) is 101 Å². The van der Waals surface area contributed by atoms with Gasteiger partial charge in [0.15, 0.2) is 4.90 Å². The van der Waals surface area contributed by atoms with Crippen molar-refractivity contribution >= 4 is 22.8 Å². The minimum atomic E-state index is -0.886. The average molecular weight is 381 g/mol. The van der Waals surface area contributed by atoms with E-state index < -0.39 is 11.2 Å². The SMILES string of the molecule is CC[S+]([O-])c1ccc(C=C(C)c2ccc3c(c2)C(C)(C)CCC3(C)C)cc1. The maximum Gasteiger partial charge on any atom is 0.152 e. The van der Waals surface area contributed by atoms with E-state index in [1.54, 1.807) is 0 Å².